The van der Waals surface area contributed by atoms with Crippen molar-refractivity contribution in [1.29, 1.82) is 5.26 Å². The number of hydrogen-bond acceptors (Lipinski definition) is 7. The van der Waals surface area contributed by atoms with Crippen molar-refractivity contribution in [2.24, 2.45) is 0 Å². The van der Waals surface area contributed by atoms with Crippen molar-refractivity contribution in [2.45, 2.75) is 17.4 Å². The summed E-state index contributed by atoms with van der Waals surface area (Å²) in [5, 5.41) is 13.9. The molecule has 10 heteroatoms. The Morgan fingerprint density at radius 3 is 2.39 bits per heavy atom. The number of aromatic nitrogens is 3. The number of piperazine rings is 1. The molecule has 0 bridgehead atoms. The summed E-state index contributed by atoms with van der Waals surface area (Å²) in [5.74, 6) is -1.77. The van der Waals surface area contributed by atoms with E-state index in [4.69, 9.17) is 4.98 Å². The first kappa shape index (κ1) is 24.6. The molecule has 2 aliphatic heterocycles. The number of pyridine rings is 2. The van der Waals surface area contributed by atoms with E-state index < -0.39 is 5.92 Å². The van der Waals surface area contributed by atoms with E-state index in [1.165, 1.54) is 16.7 Å². The predicted octanol–water partition coefficient (Wildman–Crippen LogP) is 4.77. The lowest BCUT2D eigenvalue weighted by Crippen LogP contribution is -2.56. The average molecular weight is 532 g/mol. The predicted molar refractivity (Wildman–Crippen MR) is 146 cm³/mol. The van der Waals surface area contributed by atoms with E-state index in [9.17, 15) is 14.0 Å². The summed E-state index contributed by atoms with van der Waals surface area (Å²) in [6, 6.07) is 16.8. The molecule has 7 nitrogen and oxygen atoms in total. The third-order valence-corrected chi connectivity index (χ3v) is 7.99. The number of nitrogens with zero attached hydrogens (tertiary/aromatic N) is 7. The third kappa shape index (κ3) is 4.79. The maximum atomic E-state index is 13.5. The Hall–Kier alpha value is -3.68. The fourth-order valence-electron chi connectivity index (χ4n) is 5.13. The molecule has 1 aromatic carbocycles. The average Bonchev–Trinajstić information content (AvgIpc) is 3.35. The summed E-state index contributed by atoms with van der Waals surface area (Å²) < 4.78 is 28.7. The van der Waals surface area contributed by atoms with Crippen LogP contribution in [0.3, 0.4) is 0 Å². The molecule has 0 radical (unpaired) electrons. The van der Waals surface area contributed by atoms with Gasteiger partial charge in [0.25, 0.3) is 5.92 Å². The minimum atomic E-state index is -2.68. The second-order valence-corrected chi connectivity index (χ2v) is 10.7. The molecule has 0 unspecified atom stereocenters. The highest BCUT2D eigenvalue weighted by Crippen LogP contribution is 2.36. The van der Waals surface area contributed by atoms with Gasteiger partial charge < -0.3 is 9.80 Å². The lowest BCUT2D eigenvalue weighted by molar-refractivity contribution is -0.0263. The maximum Gasteiger partial charge on any atom is 0.282 e. The number of fused-ring (bicyclic) bond motifs is 1. The van der Waals surface area contributed by atoms with Gasteiger partial charge in [0.2, 0.25) is 0 Å². The van der Waals surface area contributed by atoms with Crippen LogP contribution in [0, 0.1) is 11.3 Å². The van der Waals surface area contributed by atoms with Crippen LogP contribution in [0.4, 0.5) is 20.3 Å². The van der Waals surface area contributed by atoms with Crippen molar-refractivity contribution in [1.82, 2.24) is 19.5 Å². The molecule has 6 rings (SSSR count). The molecular formula is C28H27F2N7S. The Labute approximate surface area is 224 Å². The van der Waals surface area contributed by atoms with Crippen molar-refractivity contribution >= 4 is 28.8 Å². The molecule has 3 aromatic heterocycles. The SMILES string of the molecule is CSc1ccc(CN2CCN(c3ccc(-c4cc(N5CC(F)(F)C5)cn5ncc(C#N)c45)cn3)CC2)cc1. The lowest BCUT2D eigenvalue weighted by Gasteiger charge is -2.40. The van der Waals surface area contributed by atoms with Gasteiger partial charge in [0.05, 0.1) is 42.3 Å². The normalized spacial score (nSPS) is 17.4. The number of benzene rings is 1. The van der Waals surface area contributed by atoms with E-state index in [1.54, 1.807) is 33.6 Å². The van der Waals surface area contributed by atoms with Crippen LogP contribution >= 0.6 is 11.8 Å². The highest BCUT2D eigenvalue weighted by Gasteiger charge is 2.44. The van der Waals surface area contributed by atoms with E-state index in [0.717, 1.165) is 49.7 Å². The third-order valence-electron chi connectivity index (χ3n) is 7.25. The molecule has 2 saturated heterocycles. The van der Waals surface area contributed by atoms with Crippen LogP contribution < -0.4 is 9.80 Å². The van der Waals surface area contributed by atoms with E-state index in [-0.39, 0.29) is 13.1 Å². The minimum absolute atomic E-state index is 0.323. The number of thioether (sulfide) groups is 1. The first-order chi connectivity index (χ1) is 18.4. The van der Waals surface area contributed by atoms with E-state index in [1.807, 2.05) is 18.2 Å². The van der Waals surface area contributed by atoms with Crippen LogP contribution in [0.2, 0.25) is 0 Å². The molecule has 0 saturated carbocycles. The van der Waals surface area contributed by atoms with Crippen LogP contribution in [0.5, 0.6) is 0 Å². The molecule has 0 N–H and O–H groups in total. The quantitative estimate of drug-likeness (QED) is 0.332. The molecular weight excluding hydrogens is 504 g/mol. The van der Waals surface area contributed by atoms with Gasteiger partial charge in [-0.05, 0) is 42.2 Å². The van der Waals surface area contributed by atoms with Crippen molar-refractivity contribution in [3.8, 4) is 17.2 Å². The van der Waals surface area contributed by atoms with Crippen LogP contribution in [0.15, 0.2) is 66.0 Å². The fourth-order valence-corrected chi connectivity index (χ4v) is 5.54. The number of hydrogen-bond donors (Lipinski definition) is 0. The summed E-state index contributed by atoms with van der Waals surface area (Å²) >= 11 is 1.75. The van der Waals surface area contributed by atoms with E-state index >= 15 is 0 Å². The van der Waals surface area contributed by atoms with Gasteiger partial charge in [-0.25, -0.2) is 18.3 Å². The monoisotopic (exact) mass is 531 g/mol. The largest absolute Gasteiger partial charge is 0.358 e. The van der Waals surface area contributed by atoms with Gasteiger partial charge in [0.1, 0.15) is 11.9 Å². The Morgan fingerprint density at radius 2 is 1.76 bits per heavy atom. The van der Waals surface area contributed by atoms with Gasteiger partial charge in [0, 0.05) is 54.9 Å². The number of halogens is 2. The fraction of sp³-hybridized carbons (Fsp3) is 0.321. The van der Waals surface area contributed by atoms with Gasteiger partial charge >= 0.3 is 0 Å². The zero-order chi connectivity index (χ0) is 26.3. The summed E-state index contributed by atoms with van der Waals surface area (Å²) in [6.07, 6.45) is 7.09. The minimum Gasteiger partial charge on any atom is -0.358 e. The molecule has 0 aliphatic carbocycles. The summed E-state index contributed by atoms with van der Waals surface area (Å²) in [4.78, 5) is 12.4. The topological polar surface area (TPSA) is 63.7 Å². The van der Waals surface area contributed by atoms with Crippen LogP contribution in [0.1, 0.15) is 11.1 Å². The van der Waals surface area contributed by atoms with Gasteiger partial charge in [-0.15, -0.1) is 11.8 Å². The molecule has 4 aromatic rings. The smallest absolute Gasteiger partial charge is 0.282 e. The van der Waals surface area contributed by atoms with Crippen LogP contribution in [0.25, 0.3) is 16.6 Å². The van der Waals surface area contributed by atoms with Gasteiger partial charge in [0.15, 0.2) is 0 Å². The molecule has 0 amide bonds. The van der Waals surface area contributed by atoms with Crippen molar-refractivity contribution in [3.63, 3.8) is 0 Å². The number of rotatable bonds is 6. The Bertz CT molecular complexity index is 1480. The summed E-state index contributed by atoms with van der Waals surface area (Å²) in [7, 11) is 0. The summed E-state index contributed by atoms with van der Waals surface area (Å²) in [5.41, 5.74) is 4.63. The van der Waals surface area contributed by atoms with Gasteiger partial charge in [-0.1, -0.05) is 12.1 Å². The van der Waals surface area contributed by atoms with Crippen molar-refractivity contribution in [2.75, 3.05) is 55.3 Å². The molecule has 0 atom stereocenters. The Morgan fingerprint density at radius 1 is 1.00 bits per heavy atom. The molecule has 194 valence electrons. The Balaban J connectivity index is 1.18. The summed E-state index contributed by atoms with van der Waals surface area (Å²) in [6.45, 7) is 3.99. The lowest BCUT2D eigenvalue weighted by atomic mass is 10.0. The first-order valence-electron chi connectivity index (χ1n) is 12.5. The molecule has 5 heterocycles. The highest BCUT2D eigenvalue weighted by molar-refractivity contribution is 7.98. The van der Waals surface area contributed by atoms with Crippen LogP contribution in [-0.4, -0.2) is 70.9 Å². The van der Waals surface area contributed by atoms with Gasteiger partial charge in [-0.3, -0.25) is 4.90 Å². The number of anilines is 2. The Kier molecular flexibility index (Phi) is 6.41. The van der Waals surface area contributed by atoms with Gasteiger partial charge in [-0.2, -0.15) is 10.4 Å². The highest BCUT2D eigenvalue weighted by atomic mass is 32.2. The van der Waals surface area contributed by atoms with Crippen LogP contribution in [-0.2, 0) is 6.54 Å². The molecule has 2 aliphatic rings. The maximum absolute atomic E-state index is 13.5. The molecule has 2 fully saturated rings. The van der Waals surface area contributed by atoms with E-state index in [0.29, 0.717) is 16.8 Å². The first-order valence-corrected chi connectivity index (χ1v) is 13.8. The molecule has 0 spiro atoms. The van der Waals surface area contributed by atoms with Crippen molar-refractivity contribution < 1.29 is 8.78 Å². The van der Waals surface area contributed by atoms with Crippen molar-refractivity contribution in [3.05, 3.63) is 72.2 Å². The molecule has 38 heavy (non-hydrogen) atoms. The standard InChI is InChI=1S/C28H27F2N7S/c1-38-24-5-2-20(3-6-24)16-34-8-10-35(11-9-34)26-7-4-21(14-32-26)25-12-23(36-18-28(29,30)19-36)17-37-27(25)22(13-31)15-33-37/h2-7,12,14-15,17H,8-11,16,18-19H2,1H3. The number of nitriles is 1. The zero-order valence-corrected chi connectivity index (χ0v) is 21.8. The zero-order valence-electron chi connectivity index (χ0n) is 21.0. The second-order valence-electron chi connectivity index (χ2n) is 9.80. The number of alkyl halides is 2. The van der Waals surface area contributed by atoms with E-state index in [2.05, 4.69) is 51.5 Å². The second kappa shape index (κ2) is 9.89.